The van der Waals surface area contributed by atoms with Crippen molar-refractivity contribution < 1.29 is 4.42 Å². The summed E-state index contributed by atoms with van der Waals surface area (Å²) in [6.07, 6.45) is 1.05. The van der Waals surface area contributed by atoms with Gasteiger partial charge in [0.25, 0.3) is 0 Å². The first-order valence-electron chi connectivity index (χ1n) is 6.86. The SMILES string of the molecule is Cc1ccc2oc(C3NCCc4ccccc43)nc2n1. The molecule has 0 aliphatic carbocycles. The van der Waals surface area contributed by atoms with Crippen molar-refractivity contribution in [2.45, 2.75) is 19.4 Å². The lowest BCUT2D eigenvalue weighted by atomic mass is 9.94. The first kappa shape index (κ1) is 11.6. The molecule has 1 aliphatic heterocycles. The van der Waals surface area contributed by atoms with E-state index in [1.807, 2.05) is 19.1 Å². The van der Waals surface area contributed by atoms with Gasteiger partial charge in [-0.15, -0.1) is 0 Å². The number of aryl methyl sites for hydroxylation is 1. The Balaban J connectivity index is 1.84. The summed E-state index contributed by atoms with van der Waals surface area (Å²) in [5.41, 5.74) is 5.00. The van der Waals surface area contributed by atoms with Crippen LogP contribution in [-0.2, 0) is 6.42 Å². The van der Waals surface area contributed by atoms with Crippen LogP contribution in [0.1, 0.15) is 28.8 Å². The highest BCUT2D eigenvalue weighted by molar-refractivity contribution is 5.68. The molecular weight excluding hydrogens is 250 g/mol. The molecule has 4 rings (SSSR count). The lowest BCUT2D eigenvalue weighted by molar-refractivity contribution is 0.439. The van der Waals surface area contributed by atoms with Crippen LogP contribution < -0.4 is 5.32 Å². The van der Waals surface area contributed by atoms with E-state index < -0.39 is 0 Å². The molecule has 0 amide bonds. The Kier molecular flexibility index (Phi) is 2.57. The minimum absolute atomic E-state index is 0.0226. The van der Waals surface area contributed by atoms with Gasteiger partial charge in [-0.1, -0.05) is 24.3 Å². The van der Waals surface area contributed by atoms with Crippen molar-refractivity contribution in [1.29, 1.82) is 0 Å². The fourth-order valence-electron chi connectivity index (χ4n) is 2.78. The van der Waals surface area contributed by atoms with Gasteiger partial charge in [0.2, 0.25) is 5.89 Å². The van der Waals surface area contributed by atoms with E-state index in [1.54, 1.807) is 0 Å². The highest BCUT2D eigenvalue weighted by atomic mass is 16.3. The van der Waals surface area contributed by atoms with E-state index in [0.717, 1.165) is 24.2 Å². The molecular formula is C16H15N3O. The van der Waals surface area contributed by atoms with Gasteiger partial charge in [-0.05, 0) is 36.6 Å². The van der Waals surface area contributed by atoms with Crippen LogP contribution in [0.2, 0.25) is 0 Å². The quantitative estimate of drug-likeness (QED) is 0.735. The standard InChI is InChI=1S/C16H15N3O/c1-10-6-7-13-15(18-10)19-16(20-13)14-12-5-3-2-4-11(12)8-9-17-14/h2-7,14,17H,8-9H2,1H3. The van der Waals surface area contributed by atoms with Crippen molar-refractivity contribution in [1.82, 2.24) is 15.3 Å². The fraction of sp³-hybridized carbons (Fsp3) is 0.250. The molecule has 3 heterocycles. The maximum atomic E-state index is 5.88. The number of nitrogens with one attached hydrogen (secondary N) is 1. The lowest BCUT2D eigenvalue weighted by Crippen LogP contribution is -2.30. The second kappa shape index (κ2) is 4.42. The van der Waals surface area contributed by atoms with Gasteiger partial charge in [0.1, 0.15) is 6.04 Å². The van der Waals surface area contributed by atoms with Crippen molar-refractivity contribution in [2.75, 3.05) is 6.54 Å². The van der Waals surface area contributed by atoms with Crippen LogP contribution in [0, 0.1) is 6.92 Å². The Morgan fingerprint density at radius 2 is 2.05 bits per heavy atom. The molecule has 4 heteroatoms. The van der Waals surface area contributed by atoms with Gasteiger partial charge in [-0.3, -0.25) is 0 Å². The highest BCUT2D eigenvalue weighted by Gasteiger charge is 2.25. The van der Waals surface area contributed by atoms with Gasteiger partial charge in [0, 0.05) is 12.2 Å². The summed E-state index contributed by atoms with van der Waals surface area (Å²) >= 11 is 0. The summed E-state index contributed by atoms with van der Waals surface area (Å²) in [4.78, 5) is 8.97. The summed E-state index contributed by atoms with van der Waals surface area (Å²) in [6.45, 7) is 2.90. The van der Waals surface area contributed by atoms with E-state index in [1.165, 1.54) is 11.1 Å². The smallest absolute Gasteiger partial charge is 0.218 e. The Hall–Kier alpha value is -2.20. The van der Waals surface area contributed by atoms with E-state index in [-0.39, 0.29) is 6.04 Å². The van der Waals surface area contributed by atoms with E-state index >= 15 is 0 Å². The number of rotatable bonds is 1. The van der Waals surface area contributed by atoms with Gasteiger partial charge in [0.05, 0.1) is 0 Å². The zero-order valence-electron chi connectivity index (χ0n) is 11.3. The molecule has 0 saturated carbocycles. The third kappa shape index (κ3) is 1.80. The minimum Gasteiger partial charge on any atom is -0.437 e. The predicted molar refractivity (Wildman–Crippen MR) is 76.5 cm³/mol. The second-order valence-electron chi connectivity index (χ2n) is 5.16. The number of aromatic nitrogens is 2. The predicted octanol–water partition coefficient (Wildman–Crippen LogP) is 2.77. The maximum Gasteiger partial charge on any atom is 0.218 e. The first-order valence-corrected chi connectivity index (χ1v) is 6.86. The first-order chi connectivity index (χ1) is 9.81. The van der Waals surface area contributed by atoms with E-state index in [0.29, 0.717) is 11.5 Å². The van der Waals surface area contributed by atoms with Crippen LogP contribution >= 0.6 is 0 Å². The molecule has 4 nitrogen and oxygen atoms in total. The van der Waals surface area contributed by atoms with Crippen molar-refractivity contribution >= 4 is 11.2 Å². The molecule has 1 aromatic carbocycles. The van der Waals surface area contributed by atoms with E-state index in [2.05, 4.69) is 39.6 Å². The van der Waals surface area contributed by atoms with Gasteiger partial charge in [0.15, 0.2) is 11.2 Å². The molecule has 20 heavy (non-hydrogen) atoms. The Morgan fingerprint density at radius 1 is 1.15 bits per heavy atom. The second-order valence-corrected chi connectivity index (χ2v) is 5.16. The van der Waals surface area contributed by atoms with Gasteiger partial charge < -0.3 is 9.73 Å². The van der Waals surface area contributed by atoms with Gasteiger partial charge >= 0.3 is 0 Å². The third-order valence-corrected chi connectivity index (χ3v) is 3.77. The molecule has 3 aromatic rings. The molecule has 2 aromatic heterocycles. The summed E-state index contributed by atoms with van der Waals surface area (Å²) in [5.74, 6) is 0.699. The molecule has 1 atom stereocenters. The van der Waals surface area contributed by atoms with Crippen LogP contribution in [0.25, 0.3) is 11.2 Å². The van der Waals surface area contributed by atoms with Crippen molar-refractivity contribution in [3.05, 3.63) is 59.1 Å². The van der Waals surface area contributed by atoms with Crippen LogP contribution in [-0.4, -0.2) is 16.5 Å². The van der Waals surface area contributed by atoms with Crippen LogP contribution in [0.4, 0.5) is 0 Å². The Morgan fingerprint density at radius 3 is 3.00 bits per heavy atom. The van der Waals surface area contributed by atoms with Crippen LogP contribution in [0.3, 0.4) is 0 Å². The lowest BCUT2D eigenvalue weighted by Gasteiger charge is -2.24. The molecule has 1 unspecified atom stereocenters. The zero-order chi connectivity index (χ0) is 13.5. The average molecular weight is 265 g/mol. The van der Waals surface area contributed by atoms with Crippen LogP contribution in [0.5, 0.6) is 0 Å². The number of pyridine rings is 1. The largest absolute Gasteiger partial charge is 0.437 e. The average Bonchev–Trinajstić information content (AvgIpc) is 2.89. The summed E-state index contributed by atoms with van der Waals surface area (Å²) in [5, 5.41) is 3.48. The Bertz CT molecular complexity index is 778. The number of fused-ring (bicyclic) bond motifs is 2. The molecule has 1 aliphatic rings. The van der Waals surface area contributed by atoms with E-state index in [4.69, 9.17) is 4.42 Å². The molecule has 0 fully saturated rings. The minimum atomic E-state index is 0.0226. The number of hydrogen-bond acceptors (Lipinski definition) is 4. The van der Waals surface area contributed by atoms with Gasteiger partial charge in [-0.25, -0.2) is 4.98 Å². The molecule has 1 N–H and O–H groups in total. The van der Waals surface area contributed by atoms with Gasteiger partial charge in [-0.2, -0.15) is 4.98 Å². The zero-order valence-corrected chi connectivity index (χ0v) is 11.3. The number of benzene rings is 1. The third-order valence-electron chi connectivity index (χ3n) is 3.77. The normalized spacial score (nSPS) is 18.1. The maximum absolute atomic E-state index is 5.88. The fourth-order valence-corrected chi connectivity index (χ4v) is 2.78. The molecule has 100 valence electrons. The molecule has 0 spiro atoms. The molecule has 0 saturated heterocycles. The summed E-state index contributed by atoms with van der Waals surface area (Å²) in [7, 11) is 0. The molecule has 0 radical (unpaired) electrons. The van der Waals surface area contributed by atoms with Crippen molar-refractivity contribution in [3.8, 4) is 0 Å². The van der Waals surface area contributed by atoms with Crippen molar-refractivity contribution in [3.63, 3.8) is 0 Å². The van der Waals surface area contributed by atoms with Crippen LogP contribution in [0.15, 0.2) is 40.8 Å². The monoisotopic (exact) mass is 265 g/mol. The van der Waals surface area contributed by atoms with E-state index in [9.17, 15) is 0 Å². The summed E-state index contributed by atoms with van der Waals surface area (Å²) in [6, 6.07) is 12.4. The summed E-state index contributed by atoms with van der Waals surface area (Å²) < 4.78 is 5.88. The Labute approximate surface area is 116 Å². The number of nitrogens with zero attached hydrogens (tertiary/aromatic N) is 2. The highest BCUT2D eigenvalue weighted by Crippen LogP contribution is 2.29. The topological polar surface area (TPSA) is 51.0 Å². The van der Waals surface area contributed by atoms with Crippen molar-refractivity contribution in [2.24, 2.45) is 0 Å². The molecule has 0 bridgehead atoms. The number of hydrogen-bond donors (Lipinski definition) is 1. The number of oxazole rings is 1.